The molecule has 0 aliphatic carbocycles. The van der Waals surface area contributed by atoms with Gasteiger partial charge in [0.25, 0.3) is 0 Å². The Morgan fingerprint density at radius 3 is 1.38 bits per heavy atom. The van der Waals surface area contributed by atoms with Crippen LogP contribution in [-0.2, 0) is 0 Å². The van der Waals surface area contributed by atoms with Crippen molar-refractivity contribution in [1.29, 1.82) is 0 Å². The zero-order valence-electron chi connectivity index (χ0n) is 12.1. The van der Waals surface area contributed by atoms with Crippen LogP contribution in [0.25, 0.3) is 0 Å². The fourth-order valence-electron chi connectivity index (χ4n) is 2.05. The summed E-state index contributed by atoms with van der Waals surface area (Å²) in [5, 5.41) is 1.41. The van der Waals surface area contributed by atoms with E-state index in [1.54, 1.807) is 0 Å². The lowest BCUT2D eigenvalue weighted by molar-refractivity contribution is 0.131. The topological polar surface area (TPSA) is 18.5 Å². The maximum atomic E-state index is 5.85. The molecule has 0 saturated heterocycles. The lowest BCUT2D eigenvalue weighted by Crippen LogP contribution is -2.22. The van der Waals surface area contributed by atoms with Crippen molar-refractivity contribution >= 4 is 23.2 Å². The van der Waals surface area contributed by atoms with Crippen LogP contribution in [0, 0.1) is 0 Å². The van der Waals surface area contributed by atoms with Crippen LogP contribution < -0.4 is 9.47 Å². The van der Waals surface area contributed by atoms with Gasteiger partial charge in [-0.05, 0) is 62.4 Å². The molecule has 0 heterocycles. The Morgan fingerprint density at radius 2 is 1.05 bits per heavy atom. The molecule has 0 aliphatic rings. The molecule has 0 aromatic heterocycles. The molecule has 0 aliphatic heterocycles. The molecule has 0 unspecified atom stereocenters. The van der Waals surface area contributed by atoms with E-state index in [0.717, 1.165) is 17.9 Å². The summed E-state index contributed by atoms with van der Waals surface area (Å²) in [6.07, 6.45) is 0.882. The molecule has 0 spiro atoms. The Bertz CT molecular complexity index is 501. The maximum Gasteiger partial charge on any atom is 0.119 e. The van der Waals surface area contributed by atoms with Crippen LogP contribution in [0.4, 0.5) is 0 Å². The van der Waals surface area contributed by atoms with Gasteiger partial charge in [-0.25, -0.2) is 0 Å². The molecule has 2 aromatic carbocycles. The third-order valence-electron chi connectivity index (χ3n) is 2.97. The van der Waals surface area contributed by atoms with E-state index in [0.29, 0.717) is 10.0 Å². The van der Waals surface area contributed by atoms with E-state index < -0.39 is 0 Å². The van der Waals surface area contributed by atoms with Crippen LogP contribution in [0.5, 0.6) is 11.5 Å². The van der Waals surface area contributed by atoms with Crippen LogP contribution in [0.15, 0.2) is 48.5 Å². The van der Waals surface area contributed by atoms with E-state index in [1.165, 1.54) is 0 Å². The molecular formula is C17H18Cl2O2. The molecule has 2 nitrogen and oxygen atoms in total. The van der Waals surface area contributed by atoms with Crippen molar-refractivity contribution in [3.63, 3.8) is 0 Å². The lowest BCUT2D eigenvalue weighted by atomic mass is 10.2. The molecule has 112 valence electrons. The number of ether oxygens (including phenoxy) is 2. The van der Waals surface area contributed by atoms with Gasteiger partial charge in [-0.3, -0.25) is 0 Å². The summed E-state index contributed by atoms with van der Waals surface area (Å²) < 4.78 is 11.7. The van der Waals surface area contributed by atoms with Gasteiger partial charge in [0.2, 0.25) is 0 Å². The van der Waals surface area contributed by atoms with Crippen LogP contribution >= 0.6 is 23.2 Å². The lowest BCUT2D eigenvalue weighted by Gasteiger charge is -2.20. The quantitative estimate of drug-likeness (QED) is 0.686. The molecule has 21 heavy (non-hydrogen) atoms. The van der Waals surface area contributed by atoms with Gasteiger partial charge < -0.3 is 9.47 Å². The average Bonchev–Trinajstić information content (AvgIpc) is 2.44. The van der Waals surface area contributed by atoms with E-state index in [1.807, 2.05) is 62.4 Å². The average molecular weight is 325 g/mol. The minimum absolute atomic E-state index is 0.0495. The van der Waals surface area contributed by atoms with Crippen molar-refractivity contribution in [1.82, 2.24) is 0 Å². The molecule has 2 rings (SSSR count). The molecule has 0 radical (unpaired) electrons. The molecule has 0 amide bonds. The Morgan fingerprint density at radius 1 is 0.714 bits per heavy atom. The summed E-state index contributed by atoms with van der Waals surface area (Å²) in [5.74, 6) is 1.62. The van der Waals surface area contributed by atoms with E-state index >= 15 is 0 Å². The summed E-state index contributed by atoms with van der Waals surface area (Å²) in [4.78, 5) is 0. The zero-order valence-corrected chi connectivity index (χ0v) is 13.6. The predicted octanol–water partition coefficient (Wildman–Crippen LogP) is 5.62. The van der Waals surface area contributed by atoms with Crippen molar-refractivity contribution < 1.29 is 9.47 Å². The van der Waals surface area contributed by atoms with E-state index in [4.69, 9.17) is 32.7 Å². The van der Waals surface area contributed by atoms with E-state index in [9.17, 15) is 0 Å². The highest BCUT2D eigenvalue weighted by Gasteiger charge is 2.12. The van der Waals surface area contributed by atoms with Gasteiger partial charge in [0, 0.05) is 16.5 Å². The summed E-state index contributed by atoms with van der Waals surface area (Å²) in [6, 6.07) is 14.7. The summed E-state index contributed by atoms with van der Waals surface area (Å²) in [7, 11) is 0. The van der Waals surface area contributed by atoms with Crippen molar-refractivity contribution in [2.75, 3.05) is 0 Å². The van der Waals surface area contributed by atoms with Crippen molar-refractivity contribution in [2.24, 2.45) is 0 Å². The van der Waals surface area contributed by atoms with Crippen LogP contribution in [0.3, 0.4) is 0 Å². The Kier molecular flexibility index (Phi) is 5.77. The second-order valence-corrected chi connectivity index (χ2v) is 5.87. The SMILES string of the molecule is C[C@@H](C[C@H](C)Oc1ccc(Cl)cc1)Oc1ccc(Cl)cc1. The minimum atomic E-state index is 0.0495. The first kappa shape index (κ1) is 16.0. The normalized spacial score (nSPS) is 13.5. The first-order valence-corrected chi connectivity index (χ1v) is 7.63. The number of benzene rings is 2. The smallest absolute Gasteiger partial charge is 0.119 e. The maximum absolute atomic E-state index is 5.85. The second-order valence-electron chi connectivity index (χ2n) is 5.00. The Hall–Kier alpha value is -1.38. The summed E-state index contributed by atoms with van der Waals surface area (Å²) >= 11 is 11.7. The predicted molar refractivity (Wildman–Crippen MR) is 87.7 cm³/mol. The van der Waals surface area contributed by atoms with Crippen molar-refractivity contribution in [3.05, 3.63) is 58.6 Å². The first-order valence-electron chi connectivity index (χ1n) is 6.87. The molecule has 4 heteroatoms. The van der Waals surface area contributed by atoms with Gasteiger partial charge in [-0.2, -0.15) is 0 Å². The minimum Gasteiger partial charge on any atom is -0.491 e. The van der Waals surface area contributed by atoms with Crippen molar-refractivity contribution in [2.45, 2.75) is 32.5 Å². The van der Waals surface area contributed by atoms with E-state index in [-0.39, 0.29) is 12.2 Å². The fraction of sp³-hybridized carbons (Fsp3) is 0.294. The monoisotopic (exact) mass is 324 g/mol. The Balaban J connectivity index is 1.82. The molecular weight excluding hydrogens is 307 g/mol. The third-order valence-corrected chi connectivity index (χ3v) is 3.47. The molecule has 0 saturated carbocycles. The van der Waals surface area contributed by atoms with Gasteiger partial charge >= 0.3 is 0 Å². The van der Waals surface area contributed by atoms with Crippen LogP contribution in [0.2, 0.25) is 10.0 Å². The van der Waals surface area contributed by atoms with Gasteiger partial charge in [-0.15, -0.1) is 0 Å². The highest BCUT2D eigenvalue weighted by atomic mass is 35.5. The molecule has 0 fully saturated rings. The number of halogens is 2. The molecule has 0 bridgehead atoms. The van der Waals surface area contributed by atoms with Crippen LogP contribution in [0.1, 0.15) is 20.3 Å². The largest absolute Gasteiger partial charge is 0.491 e. The number of rotatable bonds is 6. The van der Waals surface area contributed by atoms with Gasteiger partial charge in [0.1, 0.15) is 11.5 Å². The standard InChI is InChI=1S/C17H18Cl2O2/c1-12(20-16-7-3-14(18)4-8-16)11-13(2)21-17-9-5-15(19)6-10-17/h3-10,12-13H,11H2,1-2H3/t12-,13-/m0/s1. The van der Waals surface area contributed by atoms with Gasteiger partial charge in [-0.1, -0.05) is 23.2 Å². The van der Waals surface area contributed by atoms with Gasteiger partial charge in [0.15, 0.2) is 0 Å². The zero-order chi connectivity index (χ0) is 15.2. The summed E-state index contributed by atoms with van der Waals surface area (Å²) in [6.45, 7) is 4.05. The fourth-order valence-corrected chi connectivity index (χ4v) is 2.31. The Labute approximate surface area is 135 Å². The third kappa shape index (κ3) is 5.49. The highest BCUT2D eigenvalue weighted by Crippen LogP contribution is 2.20. The molecule has 2 atom stereocenters. The molecule has 0 N–H and O–H groups in total. The van der Waals surface area contributed by atoms with Crippen molar-refractivity contribution in [3.8, 4) is 11.5 Å². The van der Waals surface area contributed by atoms with Crippen LogP contribution in [-0.4, -0.2) is 12.2 Å². The second kappa shape index (κ2) is 7.58. The highest BCUT2D eigenvalue weighted by molar-refractivity contribution is 6.30. The first-order chi connectivity index (χ1) is 10.0. The van der Waals surface area contributed by atoms with Gasteiger partial charge in [0.05, 0.1) is 12.2 Å². The molecule has 2 aromatic rings. The summed E-state index contributed by atoms with van der Waals surface area (Å²) in [5.41, 5.74) is 0. The number of hydrogen-bond donors (Lipinski definition) is 0. The number of hydrogen-bond acceptors (Lipinski definition) is 2. The van der Waals surface area contributed by atoms with E-state index in [2.05, 4.69) is 0 Å².